The number of benzene rings is 1. The van der Waals surface area contributed by atoms with Gasteiger partial charge in [0.05, 0.1) is 12.7 Å². The molecule has 3 N–H and O–H groups in total. The minimum absolute atomic E-state index is 0.125. The SMILES string of the molecule is C[C@]12CCC3c4ccc(C#Cc5cn([C@H]6CC(O)[C@@H](CO)O6)c(=O)[nH]c5=O)cc4CCC3C1CCC2=O. The number of carbonyl (C=O) groups excluding carboxylic acids is 1. The van der Waals surface area contributed by atoms with Gasteiger partial charge >= 0.3 is 5.69 Å². The number of nitrogens with one attached hydrogen (secondary N) is 1. The molecule has 6 rings (SSSR count). The van der Waals surface area contributed by atoms with E-state index in [1.165, 1.54) is 21.9 Å². The topological polar surface area (TPSA) is 122 Å². The molecule has 1 aromatic heterocycles. The molecule has 2 saturated carbocycles. The highest BCUT2D eigenvalue weighted by Crippen LogP contribution is 2.59. The number of ether oxygens (including phenoxy) is 1. The number of Topliss-reactive ketones (excluding diaryl/α,β-unsaturated/α-hetero) is 1. The number of aromatic amines is 1. The Balaban J connectivity index is 1.25. The van der Waals surface area contributed by atoms with Crippen LogP contribution in [0.1, 0.15) is 79.8 Å². The van der Waals surface area contributed by atoms with Gasteiger partial charge in [-0.1, -0.05) is 24.8 Å². The summed E-state index contributed by atoms with van der Waals surface area (Å²) in [6.45, 7) is 1.83. The molecule has 2 heterocycles. The van der Waals surface area contributed by atoms with E-state index in [1.54, 1.807) is 0 Å². The molecule has 7 atom stereocenters. The van der Waals surface area contributed by atoms with E-state index in [0.29, 0.717) is 23.5 Å². The molecule has 8 heteroatoms. The Kier molecular flexibility index (Phi) is 5.98. The Bertz CT molecular complexity index is 1430. The van der Waals surface area contributed by atoms with E-state index in [2.05, 4.69) is 35.9 Å². The third-order valence-electron chi connectivity index (χ3n) is 9.44. The largest absolute Gasteiger partial charge is 0.394 e. The molecule has 1 saturated heterocycles. The van der Waals surface area contributed by atoms with Crippen molar-refractivity contribution in [3.63, 3.8) is 0 Å². The molecular weight excluding hydrogens is 472 g/mol. The summed E-state index contributed by atoms with van der Waals surface area (Å²) in [5.41, 5.74) is 2.24. The lowest BCUT2D eigenvalue weighted by atomic mass is 9.55. The zero-order valence-corrected chi connectivity index (χ0v) is 20.9. The number of carbonyl (C=O) groups is 1. The van der Waals surface area contributed by atoms with E-state index in [4.69, 9.17) is 4.74 Å². The molecule has 0 radical (unpaired) electrons. The van der Waals surface area contributed by atoms with Gasteiger partial charge < -0.3 is 14.9 Å². The smallest absolute Gasteiger partial charge is 0.330 e. The summed E-state index contributed by atoms with van der Waals surface area (Å²) in [6.07, 6.45) is 4.85. The van der Waals surface area contributed by atoms with Crippen molar-refractivity contribution in [1.82, 2.24) is 9.55 Å². The lowest BCUT2D eigenvalue weighted by Crippen LogP contribution is -2.42. The summed E-state index contributed by atoms with van der Waals surface area (Å²) in [5, 5.41) is 19.3. The Morgan fingerprint density at radius 2 is 2.00 bits per heavy atom. The Labute approximate surface area is 214 Å². The van der Waals surface area contributed by atoms with Crippen LogP contribution in [0.5, 0.6) is 0 Å². The molecule has 4 unspecified atom stereocenters. The minimum atomic E-state index is -0.898. The van der Waals surface area contributed by atoms with Crippen LogP contribution in [0.15, 0.2) is 34.0 Å². The van der Waals surface area contributed by atoms with Gasteiger partial charge in [0, 0.05) is 30.0 Å². The maximum Gasteiger partial charge on any atom is 0.330 e. The van der Waals surface area contributed by atoms with Gasteiger partial charge in [0.15, 0.2) is 0 Å². The van der Waals surface area contributed by atoms with E-state index < -0.39 is 29.7 Å². The number of aromatic nitrogens is 2. The Morgan fingerprint density at radius 3 is 2.78 bits per heavy atom. The lowest BCUT2D eigenvalue weighted by molar-refractivity contribution is -0.129. The monoisotopic (exact) mass is 504 g/mol. The van der Waals surface area contributed by atoms with Crippen LogP contribution in [-0.2, 0) is 16.0 Å². The maximum absolute atomic E-state index is 12.6. The average Bonchev–Trinajstić information content (AvgIpc) is 3.41. The van der Waals surface area contributed by atoms with Crippen LogP contribution < -0.4 is 11.2 Å². The number of nitrogens with zero attached hydrogens (tertiary/aromatic N) is 1. The maximum atomic E-state index is 12.6. The van der Waals surface area contributed by atoms with Crippen LogP contribution in [0.2, 0.25) is 0 Å². The standard InChI is InChI=1S/C29H32N2O6/c1-29-11-10-20-19-6-3-16(12-17(19)5-7-21(20)22(29)8-9-25(29)34)2-4-18-14-31(28(36)30-27(18)35)26-13-23(33)24(15-32)37-26/h3,6,12,14,20-24,26,32-33H,5,7-11,13,15H2,1H3,(H,30,35,36)/t20?,21?,22?,23?,24-,26-,29+/m1/s1. The molecule has 4 aliphatic rings. The molecule has 0 spiro atoms. The minimum Gasteiger partial charge on any atom is -0.394 e. The van der Waals surface area contributed by atoms with Gasteiger partial charge in [0.2, 0.25) is 0 Å². The highest BCUT2D eigenvalue weighted by atomic mass is 16.5. The molecule has 194 valence electrons. The summed E-state index contributed by atoms with van der Waals surface area (Å²) in [4.78, 5) is 39.6. The number of ketones is 1. The first-order valence-electron chi connectivity index (χ1n) is 13.3. The van der Waals surface area contributed by atoms with Crippen molar-refractivity contribution in [1.29, 1.82) is 0 Å². The van der Waals surface area contributed by atoms with E-state index in [0.717, 1.165) is 44.1 Å². The second kappa shape index (κ2) is 9.09. The first-order chi connectivity index (χ1) is 17.8. The molecule has 8 nitrogen and oxygen atoms in total. The quantitative estimate of drug-likeness (QED) is 0.538. The number of H-pyrrole nitrogens is 1. The van der Waals surface area contributed by atoms with Gasteiger partial charge in [0.1, 0.15) is 23.7 Å². The highest BCUT2D eigenvalue weighted by Gasteiger charge is 2.54. The third kappa shape index (κ3) is 4.01. The lowest BCUT2D eigenvalue weighted by Gasteiger charge is -2.48. The fraction of sp³-hybridized carbons (Fsp3) is 0.552. The Morgan fingerprint density at radius 1 is 1.16 bits per heavy atom. The van der Waals surface area contributed by atoms with Gasteiger partial charge in [-0.15, -0.1) is 0 Å². The molecule has 1 aliphatic heterocycles. The number of aryl methyl sites for hydroxylation is 1. The summed E-state index contributed by atoms with van der Waals surface area (Å²) >= 11 is 0. The zero-order chi connectivity index (χ0) is 25.9. The summed E-state index contributed by atoms with van der Waals surface area (Å²) in [5.74, 6) is 7.99. The van der Waals surface area contributed by atoms with Crippen molar-refractivity contribution in [3.8, 4) is 11.8 Å². The number of aliphatic hydroxyl groups excluding tert-OH is 2. The average molecular weight is 505 g/mol. The number of hydrogen-bond acceptors (Lipinski definition) is 6. The third-order valence-corrected chi connectivity index (χ3v) is 9.44. The molecule has 1 aromatic carbocycles. The number of rotatable bonds is 2. The van der Waals surface area contributed by atoms with Crippen molar-refractivity contribution >= 4 is 5.78 Å². The Hall–Kier alpha value is -2.99. The van der Waals surface area contributed by atoms with Crippen LogP contribution in [0.3, 0.4) is 0 Å². The van der Waals surface area contributed by atoms with Gasteiger partial charge in [-0.2, -0.15) is 0 Å². The molecule has 3 aliphatic carbocycles. The first-order valence-corrected chi connectivity index (χ1v) is 13.3. The fourth-order valence-corrected chi connectivity index (χ4v) is 7.41. The predicted molar refractivity (Wildman–Crippen MR) is 135 cm³/mol. The predicted octanol–water partition coefficient (Wildman–Crippen LogP) is 2.00. The first kappa shape index (κ1) is 24.4. The summed E-state index contributed by atoms with van der Waals surface area (Å²) < 4.78 is 6.78. The van der Waals surface area contributed by atoms with Crippen molar-refractivity contribution in [2.45, 2.75) is 76.2 Å². The van der Waals surface area contributed by atoms with Crippen LogP contribution >= 0.6 is 0 Å². The van der Waals surface area contributed by atoms with Gasteiger partial charge in [0.25, 0.3) is 5.56 Å². The second-order valence-corrected chi connectivity index (χ2v) is 11.3. The highest BCUT2D eigenvalue weighted by molar-refractivity contribution is 5.87. The zero-order valence-electron chi connectivity index (χ0n) is 20.9. The molecule has 0 bridgehead atoms. The summed E-state index contributed by atoms with van der Waals surface area (Å²) in [6, 6.07) is 6.27. The van der Waals surface area contributed by atoms with Crippen molar-refractivity contribution in [2.75, 3.05) is 6.61 Å². The van der Waals surface area contributed by atoms with Crippen molar-refractivity contribution < 1.29 is 19.7 Å². The normalized spacial score (nSPS) is 34.3. The van der Waals surface area contributed by atoms with Gasteiger partial charge in [-0.05, 0) is 73.1 Å². The van der Waals surface area contributed by atoms with Crippen molar-refractivity contribution in [2.24, 2.45) is 17.3 Å². The molecule has 0 amide bonds. The van der Waals surface area contributed by atoms with Crippen LogP contribution in [0.25, 0.3) is 0 Å². The van der Waals surface area contributed by atoms with Crippen LogP contribution in [0.4, 0.5) is 0 Å². The van der Waals surface area contributed by atoms with E-state index >= 15 is 0 Å². The van der Waals surface area contributed by atoms with Crippen molar-refractivity contribution in [3.05, 3.63) is 67.5 Å². The number of fused-ring (bicyclic) bond motifs is 5. The van der Waals surface area contributed by atoms with Crippen LogP contribution in [0, 0.1) is 29.1 Å². The van der Waals surface area contributed by atoms with E-state index in [-0.39, 0.29) is 24.0 Å². The van der Waals surface area contributed by atoms with Gasteiger partial charge in [-0.25, -0.2) is 4.79 Å². The fourth-order valence-electron chi connectivity index (χ4n) is 7.41. The molecule has 2 aromatic rings. The molecule has 3 fully saturated rings. The number of hydrogen-bond donors (Lipinski definition) is 3. The summed E-state index contributed by atoms with van der Waals surface area (Å²) in [7, 11) is 0. The molecular formula is C29H32N2O6. The van der Waals surface area contributed by atoms with E-state index in [9.17, 15) is 24.6 Å². The van der Waals surface area contributed by atoms with Crippen LogP contribution in [-0.4, -0.2) is 44.4 Å². The molecule has 37 heavy (non-hydrogen) atoms. The van der Waals surface area contributed by atoms with Gasteiger partial charge in [-0.3, -0.25) is 19.1 Å². The number of aliphatic hydroxyl groups is 2. The second-order valence-electron chi connectivity index (χ2n) is 11.3. The van der Waals surface area contributed by atoms with E-state index in [1.807, 2.05) is 6.07 Å².